The third-order valence-corrected chi connectivity index (χ3v) is 1.93. The molecule has 5 heteroatoms. The number of ether oxygens (including phenoxy) is 1. The molecule has 0 heterocycles. The quantitative estimate of drug-likeness (QED) is 0.435. The highest BCUT2D eigenvalue weighted by atomic mass is 16.6. The first-order chi connectivity index (χ1) is 7.63. The zero-order valence-corrected chi connectivity index (χ0v) is 8.72. The summed E-state index contributed by atoms with van der Waals surface area (Å²) < 4.78 is 4.92. The Kier molecular flexibility index (Phi) is 4.44. The summed E-state index contributed by atoms with van der Waals surface area (Å²) in [5.74, 6) is -0.312. The van der Waals surface area contributed by atoms with Gasteiger partial charge in [-0.05, 0) is 24.1 Å². The first-order valence-electron chi connectivity index (χ1n) is 4.81. The van der Waals surface area contributed by atoms with E-state index in [9.17, 15) is 14.9 Å². The first-order valence-corrected chi connectivity index (χ1v) is 4.81. The zero-order valence-electron chi connectivity index (χ0n) is 8.72. The second-order valence-electron chi connectivity index (χ2n) is 3.19. The van der Waals surface area contributed by atoms with Crippen LogP contribution in [-0.4, -0.2) is 10.9 Å². The summed E-state index contributed by atoms with van der Waals surface area (Å²) in [6, 6.07) is 5.89. The fraction of sp³-hybridized carbons (Fsp3) is 0.273. The maximum absolute atomic E-state index is 11.0. The third kappa shape index (κ3) is 3.68. The molecule has 0 saturated heterocycles. The number of esters is 1. The number of hydrogen-bond acceptors (Lipinski definition) is 4. The minimum absolute atomic E-state index is 0.0211. The van der Waals surface area contributed by atoms with Crippen molar-refractivity contribution in [1.82, 2.24) is 0 Å². The van der Waals surface area contributed by atoms with E-state index in [1.54, 1.807) is 12.1 Å². The fourth-order valence-corrected chi connectivity index (χ4v) is 1.09. The lowest BCUT2D eigenvalue weighted by Crippen LogP contribution is -2.03. The predicted molar refractivity (Wildman–Crippen MR) is 57.5 cm³/mol. The molecule has 0 unspecified atom stereocenters. The third-order valence-electron chi connectivity index (χ3n) is 1.93. The number of non-ortho nitro benzene ring substituents is 1. The standard InChI is InChI=1S/C11H12NO4/c1-2-3-11(13)16-8-9-4-6-10(7-5-9)12(14)15/h4-7H,1-3,8H2. The average Bonchev–Trinajstić information content (AvgIpc) is 2.27. The molecule has 1 radical (unpaired) electrons. The average molecular weight is 222 g/mol. The van der Waals surface area contributed by atoms with Crippen LogP contribution in [0, 0.1) is 17.0 Å². The highest BCUT2D eigenvalue weighted by Crippen LogP contribution is 2.12. The zero-order chi connectivity index (χ0) is 12.0. The Morgan fingerprint density at radius 3 is 2.50 bits per heavy atom. The minimum atomic E-state index is -0.474. The number of carbonyl (C=O) groups excluding carboxylic acids is 1. The van der Waals surface area contributed by atoms with Gasteiger partial charge in [0.25, 0.3) is 5.69 Å². The molecule has 0 aliphatic carbocycles. The van der Waals surface area contributed by atoms with Gasteiger partial charge in [0.05, 0.1) is 4.92 Å². The number of nitrogens with zero attached hydrogens (tertiary/aromatic N) is 1. The molecule has 85 valence electrons. The summed E-state index contributed by atoms with van der Waals surface area (Å²) in [4.78, 5) is 20.9. The van der Waals surface area contributed by atoms with E-state index >= 15 is 0 Å². The molecule has 0 amide bonds. The van der Waals surface area contributed by atoms with Gasteiger partial charge in [-0.25, -0.2) is 0 Å². The molecule has 0 spiro atoms. The second kappa shape index (κ2) is 5.85. The Labute approximate surface area is 93.2 Å². The van der Waals surface area contributed by atoms with Gasteiger partial charge in [0, 0.05) is 18.6 Å². The van der Waals surface area contributed by atoms with Crippen LogP contribution in [-0.2, 0) is 16.1 Å². The van der Waals surface area contributed by atoms with E-state index in [0.29, 0.717) is 6.42 Å². The van der Waals surface area contributed by atoms with E-state index in [1.807, 2.05) is 0 Å². The minimum Gasteiger partial charge on any atom is -0.461 e. The van der Waals surface area contributed by atoms with Crippen LogP contribution in [0.3, 0.4) is 0 Å². The van der Waals surface area contributed by atoms with E-state index in [-0.39, 0.29) is 24.7 Å². The Morgan fingerprint density at radius 1 is 1.38 bits per heavy atom. The molecule has 0 atom stereocenters. The number of nitro benzene ring substituents is 1. The molecular weight excluding hydrogens is 210 g/mol. The van der Waals surface area contributed by atoms with Crippen LogP contribution in [0.2, 0.25) is 0 Å². The molecule has 16 heavy (non-hydrogen) atoms. The molecule has 0 aliphatic rings. The van der Waals surface area contributed by atoms with Gasteiger partial charge in [-0.1, -0.05) is 6.92 Å². The number of rotatable bonds is 5. The Bertz CT molecular complexity index is 372. The molecule has 0 aliphatic heterocycles. The molecule has 0 bridgehead atoms. The van der Waals surface area contributed by atoms with Crippen LogP contribution in [0.1, 0.15) is 18.4 Å². The van der Waals surface area contributed by atoms with Crippen molar-refractivity contribution in [2.45, 2.75) is 19.4 Å². The number of hydrogen-bond donors (Lipinski definition) is 0. The molecule has 1 aromatic rings. The van der Waals surface area contributed by atoms with E-state index in [0.717, 1.165) is 5.56 Å². The summed E-state index contributed by atoms with van der Waals surface area (Å²) in [6.45, 7) is 3.67. The van der Waals surface area contributed by atoms with Crippen molar-refractivity contribution in [3.63, 3.8) is 0 Å². The van der Waals surface area contributed by atoms with Gasteiger partial charge in [-0.3, -0.25) is 14.9 Å². The monoisotopic (exact) mass is 222 g/mol. The second-order valence-corrected chi connectivity index (χ2v) is 3.19. The lowest BCUT2D eigenvalue weighted by molar-refractivity contribution is -0.384. The molecule has 0 aromatic heterocycles. The summed E-state index contributed by atoms with van der Waals surface area (Å²) in [7, 11) is 0. The van der Waals surface area contributed by atoms with Gasteiger partial charge in [-0.2, -0.15) is 0 Å². The maximum Gasteiger partial charge on any atom is 0.306 e. The van der Waals surface area contributed by atoms with Crippen molar-refractivity contribution in [3.05, 3.63) is 46.9 Å². The number of benzene rings is 1. The van der Waals surface area contributed by atoms with Crippen LogP contribution in [0.15, 0.2) is 24.3 Å². The van der Waals surface area contributed by atoms with Crippen LogP contribution in [0.5, 0.6) is 0 Å². The molecular formula is C11H12NO4. The van der Waals surface area contributed by atoms with Gasteiger partial charge in [0.2, 0.25) is 0 Å². The summed E-state index contributed by atoms with van der Waals surface area (Å²) in [6.07, 6.45) is 0.784. The van der Waals surface area contributed by atoms with Gasteiger partial charge >= 0.3 is 5.97 Å². The SMILES string of the molecule is [CH2]CCC(=O)OCc1ccc([N+](=O)[O-])cc1. The van der Waals surface area contributed by atoms with E-state index in [1.165, 1.54) is 12.1 Å². The summed E-state index contributed by atoms with van der Waals surface area (Å²) >= 11 is 0. The Balaban J connectivity index is 2.49. The predicted octanol–water partition coefficient (Wildman–Crippen LogP) is 2.25. The van der Waals surface area contributed by atoms with E-state index in [2.05, 4.69) is 6.92 Å². The smallest absolute Gasteiger partial charge is 0.306 e. The van der Waals surface area contributed by atoms with Crippen LogP contribution in [0.25, 0.3) is 0 Å². The molecule has 0 N–H and O–H groups in total. The normalized spacial score (nSPS) is 9.81. The highest BCUT2D eigenvalue weighted by molar-refractivity contribution is 5.69. The van der Waals surface area contributed by atoms with Gasteiger partial charge in [-0.15, -0.1) is 0 Å². The first kappa shape index (κ1) is 12.2. The molecule has 1 rings (SSSR count). The van der Waals surface area contributed by atoms with E-state index in [4.69, 9.17) is 4.74 Å². The fourth-order valence-electron chi connectivity index (χ4n) is 1.09. The van der Waals surface area contributed by atoms with Crippen molar-refractivity contribution in [1.29, 1.82) is 0 Å². The highest BCUT2D eigenvalue weighted by Gasteiger charge is 2.05. The maximum atomic E-state index is 11.0. The lowest BCUT2D eigenvalue weighted by Gasteiger charge is -2.03. The van der Waals surface area contributed by atoms with Gasteiger partial charge in [0.1, 0.15) is 6.61 Å². The molecule has 0 saturated carbocycles. The molecule has 0 fully saturated rings. The van der Waals surface area contributed by atoms with Crippen molar-refractivity contribution in [2.75, 3.05) is 0 Å². The van der Waals surface area contributed by atoms with E-state index < -0.39 is 4.92 Å². The van der Waals surface area contributed by atoms with Gasteiger partial charge < -0.3 is 4.74 Å². The molecule has 5 nitrogen and oxygen atoms in total. The van der Waals surface area contributed by atoms with Crippen molar-refractivity contribution < 1.29 is 14.5 Å². The molecule has 1 aromatic carbocycles. The lowest BCUT2D eigenvalue weighted by atomic mass is 10.2. The van der Waals surface area contributed by atoms with Crippen molar-refractivity contribution in [2.24, 2.45) is 0 Å². The van der Waals surface area contributed by atoms with Gasteiger partial charge in [0.15, 0.2) is 0 Å². The summed E-state index contributed by atoms with van der Waals surface area (Å²) in [5.41, 5.74) is 0.746. The van der Waals surface area contributed by atoms with Crippen LogP contribution >= 0.6 is 0 Å². The Morgan fingerprint density at radius 2 is 2.00 bits per heavy atom. The largest absolute Gasteiger partial charge is 0.461 e. The number of nitro groups is 1. The van der Waals surface area contributed by atoms with Crippen molar-refractivity contribution in [3.8, 4) is 0 Å². The van der Waals surface area contributed by atoms with Crippen molar-refractivity contribution >= 4 is 11.7 Å². The van der Waals surface area contributed by atoms with Crippen LogP contribution < -0.4 is 0 Å². The Hall–Kier alpha value is -1.91. The van der Waals surface area contributed by atoms with Crippen LogP contribution in [0.4, 0.5) is 5.69 Å². The summed E-state index contributed by atoms with van der Waals surface area (Å²) in [5, 5.41) is 10.4. The number of carbonyl (C=O) groups is 1. The topological polar surface area (TPSA) is 69.4 Å².